The fourth-order valence-electron chi connectivity index (χ4n) is 2.09. The molecule has 0 amide bonds. The predicted molar refractivity (Wildman–Crippen MR) is 90.3 cm³/mol. The van der Waals surface area contributed by atoms with Crippen molar-refractivity contribution in [3.05, 3.63) is 57.5 Å². The average Bonchev–Trinajstić information content (AvgIpc) is 2.94. The molecule has 0 atom stereocenters. The Morgan fingerprint density at radius 2 is 2.00 bits per heavy atom. The summed E-state index contributed by atoms with van der Waals surface area (Å²) in [4.78, 5) is 20.4. The number of aromatic amines is 1. The lowest BCUT2D eigenvalue weighted by molar-refractivity contribution is 0.865. The van der Waals surface area contributed by atoms with Crippen LogP contribution in [0.2, 0.25) is 0 Å². The summed E-state index contributed by atoms with van der Waals surface area (Å²) in [5.41, 5.74) is 2.08. The molecule has 0 aliphatic carbocycles. The van der Waals surface area contributed by atoms with Gasteiger partial charge in [-0.3, -0.25) is 4.79 Å². The number of hydrogen-bond acceptors (Lipinski definition) is 4. The fourth-order valence-corrected chi connectivity index (χ4v) is 3.58. The van der Waals surface area contributed by atoms with Crippen LogP contribution < -0.4 is 5.56 Å². The highest BCUT2D eigenvalue weighted by Gasteiger charge is 2.06. The largest absolute Gasteiger partial charge is 0.309 e. The van der Waals surface area contributed by atoms with Gasteiger partial charge in [0.15, 0.2) is 0 Å². The van der Waals surface area contributed by atoms with E-state index in [0.717, 1.165) is 11.3 Å². The first kappa shape index (κ1) is 14.4. The molecule has 3 nitrogen and oxygen atoms in total. The van der Waals surface area contributed by atoms with Crippen molar-refractivity contribution in [1.29, 1.82) is 0 Å². The molecule has 0 fully saturated rings. The van der Waals surface area contributed by atoms with Gasteiger partial charge in [-0.2, -0.15) is 0 Å². The van der Waals surface area contributed by atoms with Crippen LogP contribution in [-0.4, -0.2) is 9.97 Å². The Labute approximate surface area is 131 Å². The molecular formula is C16H16N2OS2. The van der Waals surface area contributed by atoms with Gasteiger partial charge in [0.2, 0.25) is 0 Å². The van der Waals surface area contributed by atoms with Crippen molar-refractivity contribution in [2.45, 2.75) is 30.4 Å². The molecule has 0 saturated carbocycles. The first-order chi connectivity index (χ1) is 10.1. The Morgan fingerprint density at radius 3 is 2.71 bits per heavy atom. The maximum atomic E-state index is 11.9. The topological polar surface area (TPSA) is 45.8 Å². The SMILES string of the molecule is CC(C)c1ccc(SCc2nc3ccsc3c(=O)[nH]2)cc1. The fraction of sp³-hybridized carbons (Fsp3) is 0.250. The summed E-state index contributed by atoms with van der Waals surface area (Å²) in [6, 6.07) is 10.5. The molecule has 0 spiro atoms. The van der Waals surface area contributed by atoms with Crippen molar-refractivity contribution in [1.82, 2.24) is 9.97 Å². The molecule has 2 heterocycles. The van der Waals surface area contributed by atoms with Crippen LogP contribution in [0.4, 0.5) is 0 Å². The summed E-state index contributed by atoms with van der Waals surface area (Å²) in [5.74, 6) is 1.94. The minimum absolute atomic E-state index is 0.0410. The minimum atomic E-state index is -0.0410. The second-order valence-electron chi connectivity index (χ2n) is 5.16. The van der Waals surface area contributed by atoms with E-state index >= 15 is 0 Å². The Morgan fingerprint density at radius 1 is 1.24 bits per heavy atom. The maximum Gasteiger partial charge on any atom is 0.268 e. The second-order valence-corrected chi connectivity index (χ2v) is 7.12. The Bertz CT molecular complexity index is 803. The van der Waals surface area contributed by atoms with Gasteiger partial charge in [0.05, 0.1) is 11.3 Å². The van der Waals surface area contributed by atoms with E-state index in [1.165, 1.54) is 21.8 Å². The summed E-state index contributed by atoms with van der Waals surface area (Å²) in [7, 11) is 0. The molecular weight excluding hydrogens is 300 g/mol. The summed E-state index contributed by atoms with van der Waals surface area (Å²) < 4.78 is 0.699. The number of hydrogen-bond donors (Lipinski definition) is 1. The van der Waals surface area contributed by atoms with E-state index in [9.17, 15) is 4.79 Å². The van der Waals surface area contributed by atoms with Crippen LogP contribution >= 0.6 is 23.1 Å². The van der Waals surface area contributed by atoms with Crippen molar-refractivity contribution >= 4 is 33.3 Å². The highest BCUT2D eigenvalue weighted by atomic mass is 32.2. The standard InChI is InChI=1S/C16H16N2OS2/c1-10(2)11-3-5-12(6-4-11)21-9-14-17-13-7-8-20-15(13)16(19)18-14/h3-8,10H,9H2,1-2H3,(H,17,18,19). The van der Waals surface area contributed by atoms with Gasteiger partial charge >= 0.3 is 0 Å². The number of thioether (sulfide) groups is 1. The van der Waals surface area contributed by atoms with E-state index in [0.29, 0.717) is 16.4 Å². The molecule has 0 saturated heterocycles. The molecule has 5 heteroatoms. The Balaban J connectivity index is 1.75. The van der Waals surface area contributed by atoms with Crippen LogP contribution in [0, 0.1) is 0 Å². The zero-order valence-electron chi connectivity index (χ0n) is 11.9. The lowest BCUT2D eigenvalue weighted by Crippen LogP contribution is -2.09. The van der Waals surface area contributed by atoms with Crippen LogP contribution in [0.5, 0.6) is 0 Å². The smallest absolute Gasteiger partial charge is 0.268 e. The summed E-state index contributed by atoms with van der Waals surface area (Å²) in [6.07, 6.45) is 0. The number of rotatable bonds is 4. The molecule has 2 aromatic heterocycles. The van der Waals surface area contributed by atoms with Gasteiger partial charge in [-0.05, 0) is 35.1 Å². The van der Waals surface area contributed by atoms with Crippen LogP contribution in [0.1, 0.15) is 31.2 Å². The van der Waals surface area contributed by atoms with Crippen molar-refractivity contribution < 1.29 is 0 Å². The van der Waals surface area contributed by atoms with Crippen LogP contribution in [-0.2, 0) is 5.75 Å². The number of aromatic nitrogens is 2. The van der Waals surface area contributed by atoms with E-state index < -0.39 is 0 Å². The van der Waals surface area contributed by atoms with E-state index in [1.807, 2.05) is 11.4 Å². The van der Waals surface area contributed by atoms with Crippen molar-refractivity contribution in [2.24, 2.45) is 0 Å². The first-order valence-electron chi connectivity index (χ1n) is 6.82. The zero-order chi connectivity index (χ0) is 14.8. The quantitative estimate of drug-likeness (QED) is 0.726. The average molecular weight is 316 g/mol. The molecule has 0 aliphatic heterocycles. The molecule has 0 aliphatic rings. The molecule has 21 heavy (non-hydrogen) atoms. The van der Waals surface area contributed by atoms with E-state index in [2.05, 4.69) is 48.1 Å². The molecule has 0 bridgehead atoms. The minimum Gasteiger partial charge on any atom is -0.309 e. The number of fused-ring (bicyclic) bond motifs is 1. The maximum absolute atomic E-state index is 11.9. The molecule has 3 aromatic rings. The van der Waals surface area contributed by atoms with Crippen LogP contribution in [0.3, 0.4) is 0 Å². The summed E-state index contributed by atoms with van der Waals surface area (Å²) in [5, 5.41) is 1.90. The normalized spacial score (nSPS) is 11.4. The van der Waals surface area contributed by atoms with Crippen molar-refractivity contribution in [3.63, 3.8) is 0 Å². The molecule has 3 rings (SSSR count). The molecule has 1 N–H and O–H groups in total. The van der Waals surface area contributed by atoms with Gasteiger partial charge in [-0.25, -0.2) is 4.98 Å². The van der Waals surface area contributed by atoms with Crippen LogP contribution in [0.15, 0.2) is 45.4 Å². The molecule has 108 valence electrons. The molecule has 0 unspecified atom stereocenters. The Kier molecular flexibility index (Phi) is 4.12. The van der Waals surface area contributed by atoms with E-state index in [4.69, 9.17) is 0 Å². The van der Waals surface area contributed by atoms with Gasteiger partial charge in [0.1, 0.15) is 10.5 Å². The van der Waals surface area contributed by atoms with Crippen molar-refractivity contribution in [2.75, 3.05) is 0 Å². The molecule has 0 radical (unpaired) electrons. The number of nitrogens with one attached hydrogen (secondary N) is 1. The predicted octanol–water partition coefficient (Wildman–Crippen LogP) is 4.40. The first-order valence-corrected chi connectivity index (χ1v) is 8.69. The molecule has 1 aromatic carbocycles. The number of nitrogens with zero attached hydrogens (tertiary/aromatic N) is 1. The highest BCUT2D eigenvalue weighted by Crippen LogP contribution is 2.24. The van der Waals surface area contributed by atoms with Crippen molar-refractivity contribution in [3.8, 4) is 0 Å². The Hall–Kier alpha value is -1.59. The summed E-state index contributed by atoms with van der Waals surface area (Å²) in [6.45, 7) is 4.37. The van der Waals surface area contributed by atoms with Gasteiger partial charge in [0.25, 0.3) is 5.56 Å². The number of thiophene rings is 1. The number of benzene rings is 1. The highest BCUT2D eigenvalue weighted by molar-refractivity contribution is 7.98. The van der Waals surface area contributed by atoms with Gasteiger partial charge in [-0.1, -0.05) is 26.0 Å². The lowest BCUT2D eigenvalue weighted by Gasteiger charge is -2.06. The monoisotopic (exact) mass is 316 g/mol. The third-order valence-corrected chi connectivity index (χ3v) is 5.21. The van der Waals surface area contributed by atoms with Gasteiger partial charge < -0.3 is 4.98 Å². The zero-order valence-corrected chi connectivity index (χ0v) is 13.6. The lowest BCUT2D eigenvalue weighted by atomic mass is 10.0. The third-order valence-electron chi connectivity index (χ3n) is 3.29. The number of H-pyrrole nitrogens is 1. The van der Waals surface area contributed by atoms with E-state index in [-0.39, 0.29) is 5.56 Å². The third kappa shape index (κ3) is 3.19. The second kappa shape index (κ2) is 6.03. The van der Waals surface area contributed by atoms with Crippen LogP contribution in [0.25, 0.3) is 10.2 Å². The van der Waals surface area contributed by atoms with E-state index in [1.54, 1.807) is 11.8 Å². The van der Waals surface area contributed by atoms with Gasteiger partial charge in [0, 0.05) is 4.90 Å². The van der Waals surface area contributed by atoms with Gasteiger partial charge in [-0.15, -0.1) is 23.1 Å². The summed E-state index contributed by atoms with van der Waals surface area (Å²) >= 11 is 3.11.